The van der Waals surface area contributed by atoms with Crippen LogP contribution in [0.1, 0.15) is 16.6 Å². The third-order valence-corrected chi connectivity index (χ3v) is 2.25. The van der Waals surface area contributed by atoms with E-state index in [1.165, 1.54) is 18.3 Å². The van der Waals surface area contributed by atoms with Gasteiger partial charge in [0.1, 0.15) is 0 Å². The third kappa shape index (κ3) is 1.53. The van der Waals surface area contributed by atoms with Crippen LogP contribution < -0.4 is 0 Å². The van der Waals surface area contributed by atoms with Crippen molar-refractivity contribution in [3.8, 4) is 0 Å². The van der Waals surface area contributed by atoms with Gasteiger partial charge in [0.2, 0.25) is 0 Å². The van der Waals surface area contributed by atoms with Gasteiger partial charge in [0.25, 0.3) is 0 Å². The predicted octanol–water partition coefficient (Wildman–Crippen LogP) is 2.60. The van der Waals surface area contributed by atoms with Gasteiger partial charge >= 0.3 is 0 Å². The maximum Gasteiger partial charge on any atom is 0.169 e. The molecule has 0 aliphatic heterocycles. The number of halogens is 1. The van der Waals surface area contributed by atoms with Crippen molar-refractivity contribution in [1.82, 2.24) is 0 Å². The predicted molar refractivity (Wildman–Crippen MR) is 39.3 cm³/mol. The van der Waals surface area contributed by atoms with Gasteiger partial charge in [-0.15, -0.1) is 11.3 Å². The van der Waals surface area contributed by atoms with E-state index in [1.807, 2.05) is 0 Å². The highest BCUT2D eigenvalue weighted by atomic mass is 35.5. The minimum Gasteiger partial charge on any atom is -0.294 e. The summed E-state index contributed by atoms with van der Waals surface area (Å²) in [6.45, 7) is 1.53. The smallest absolute Gasteiger partial charge is 0.169 e. The number of carbonyl (C=O) groups excluding carboxylic acids is 1. The van der Waals surface area contributed by atoms with Crippen molar-refractivity contribution in [3.63, 3.8) is 0 Å². The largest absolute Gasteiger partial charge is 0.294 e. The first-order chi connectivity index (χ1) is 4.20. The Bertz CT molecular complexity index is 229. The fraction of sp³-hybridized carbons (Fsp3) is 0.167. The quantitative estimate of drug-likeness (QED) is 0.578. The lowest BCUT2D eigenvalue weighted by atomic mass is 10.4. The molecule has 9 heavy (non-hydrogen) atoms. The maximum absolute atomic E-state index is 10.6. The van der Waals surface area contributed by atoms with Crippen molar-refractivity contribution in [3.05, 3.63) is 21.3 Å². The second-order valence-electron chi connectivity index (χ2n) is 1.66. The van der Waals surface area contributed by atoms with Crippen molar-refractivity contribution in [1.29, 1.82) is 0 Å². The van der Waals surface area contributed by atoms with Gasteiger partial charge in [-0.1, -0.05) is 11.6 Å². The molecule has 3 heteroatoms. The molecule has 0 radical (unpaired) electrons. The highest BCUT2D eigenvalue weighted by Crippen LogP contribution is 2.21. The molecule has 0 N–H and O–H groups in total. The SMILES string of the molecule is CC(=O)c1ccc(Cl)s1. The number of carbonyl (C=O) groups is 1. The average molecular weight is 161 g/mol. The minimum absolute atomic E-state index is 0.0758. The van der Waals surface area contributed by atoms with Crippen LogP contribution in [0.15, 0.2) is 12.1 Å². The van der Waals surface area contributed by atoms with Gasteiger partial charge in [-0.05, 0) is 19.1 Å². The van der Waals surface area contributed by atoms with Crippen LogP contribution in [-0.4, -0.2) is 5.78 Å². The number of hydrogen-bond acceptors (Lipinski definition) is 2. The summed E-state index contributed by atoms with van der Waals surface area (Å²) in [7, 11) is 0. The van der Waals surface area contributed by atoms with Crippen molar-refractivity contribution >= 4 is 28.7 Å². The standard InChI is InChI=1S/C6H5ClOS/c1-4(8)5-2-3-6(7)9-5/h2-3H,1H3. The maximum atomic E-state index is 10.6. The van der Waals surface area contributed by atoms with Crippen molar-refractivity contribution in [2.24, 2.45) is 0 Å². The molecule has 0 aliphatic rings. The van der Waals surface area contributed by atoms with E-state index in [2.05, 4.69) is 0 Å². The number of Topliss-reactive ketones (excluding diaryl/α,β-unsaturated/α-hetero) is 1. The molecule has 0 spiro atoms. The molecule has 1 nitrogen and oxygen atoms in total. The van der Waals surface area contributed by atoms with Crippen LogP contribution in [0.3, 0.4) is 0 Å². The summed E-state index contributed by atoms with van der Waals surface area (Å²) in [6, 6.07) is 3.46. The van der Waals surface area contributed by atoms with Gasteiger partial charge in [0, 0.05) is 0 Å². The van der Waals surface area contributed by atoms with E-state index in [0.717, 1.165) is 4.88 Å². The Morgan fingerprint density at radius 2 is 2.33 bits per heavy atom. The molecular formula is C6H5ClOS. The molecule has 0 aliphatic carbocycles. The molecule has 1 rings (SSSR count). The van der Waals surface area contributed by atoms with Gasteiger partial charge in [0.05, 0.1) is 9.21 Å². The topological polar surface area (TPSA) is 17.1 Å². The Kier molecular flexibility index (Phi) is 1.88. The molecule has 0 unspecified atom stereocenters. The van der Waals surface area contributed by atoms with Crippen LogP contribution in [0.25, 0.3) is 0 Å². The van der Waals surface area contributed by atoms with Gasteiger partial charge in [-0.3, -0.25) is 4.79 Å². The molecular weight excluding hydrogens is 156 g/mol. The summed E-state index contributed by atoms with van der Waals surface area (Å²) in [5, 5.41) is 0. The van der Waals surface area contributed by atoms with Crippen LogP contribution in [0, 0.1) is 0 Å². The summed E-state index contributed by atoms with van der Waals surface area (Å²) >= 11 is 6.88. The van der Waals surface area contributed by atoms with E-state index in [1.54, 1.807) is 12.1 Å². The first-order valence-electron chi connectivity index (χ1n) is 2.46. The summed E-state index contributed by atoms with van der Waals surface area (Å²) in [5.41, 5.74) is 0. The molecule has 0 aromatic carbocycles. The van der Waals surface area contributed by atoms with Crippen LogP contribution in [0.4, 0.5) is 0 Å². The zero-order valence-corrected chi connectivity index (χ0v) is 6.42. The Labute approximate surface area is 62.3 Å². The molecule has 0 amide bonds. The fourth-order valence-corrected chi connectivity index (χ4v) is 1.44. The van der Waals surface area contributed by atoms with E-state index in [-0.39, 0.29) is 5.78 Å². The van der Waals surface area contributed by atoms with Crippen LogP contribution >= 0.6 is 22.9 Å². The highest BCUT2D eigenvalue weighted by molar-refractivity contribution is 7.17. The first-order valence-corrected chi connectivity index (χ1v) is 3.66. The number of rotatable bonds is 1. The Morgan fingerprint density at radius 1 is 1.67 bits per heavy atom. The highest BCUT2D eigenvalue weighted by Gasteiger charge is 2.00. The second-order valence-corrected chi connectivity index (χ2v) is 3.38. The molecule has 0 saturated heterocycles. The van der Waals surface area contributed by atoms with Crippen LogP contribution in [-0.2, 0) is 0 Å². The number of thiophene rings is 1. The normalized spacial score (nSPS) is 9.56. The summed E-state index contributed by atoms with van der Waals surface area (Å²) in [6.07, 6.45) is 0. The lowest BCUT2D eigenvalue weighted by molar-refractivity contribution is 0.102. The van der Waals surface area contributed by atoms with Gasteiger partial charge < -0.3 is 0 Å². The van der Waals surface area contributed by atoms with Gasteiger partial charge in [-0.25, -0.2) is 0 Å². The van der Waals surface area contributed by atoms with Gasteiger partial charge in [0.15, 0.2) is 5.78 Å². The number of hydrogen-bond donors (Lipinski definition) is 0. The Hall–Kier alpha value is -0.340. The lowest BCUT2D eigenvalue weighted by Gasteiger charge is -1.80. The van der Waals surface area contributed by atoms with Gasteiger partial charge in [-0.2, -0.15) is 0 Å². The molecule has 0 saturated carbocycles. The summed E-state index contributed by atoms with van der Waals surface area (Å²) < 4.78 is 0.667. The average Bonchev–Trinajstić information content (AvgIpc) is 2.14. The molecule has 0 fully saturated rings. The summed E-state index contributed by atoms with van der Waals surface area (Å²) in [5.74, 6) is 0.0758. The van der Waals surface area contributed by atoms with E-state index in [9.17, 15) is 4.79 Å². The third-order valence-electron chi connectivity index (χ3n) is 0.920. The lowest BCUT2D eigenvalue weighted by Crippen LogP contribution is -1.83. The number of ketones is 1. The van der Waals surface area contributed by atoms with Crippen molar-refractivity contribution in [2.75, 3.05) is 0 Å². The van der Waals surface area contributed by atoms with Crippen LogP contribution in [0.2, 0.25) is 4.34 Å². The molecule has 1 heterocycles. The zero-order chi connectivity index (χ0) is 6.85. The molecule has 48 valence electrons. The minimum atomic E-state index is 0.0758. The van der Waals surface area contributed by atoms with Crippen LogP contribution in [0.5, 0.6) is 0 Å². The van der Waals surface area contributed by atoms with Crippen molar-refractivity contribution in [2.45, 2.75) is 6.92 Å². The first kappa shape index (κ1) is 6.78. The van der Waals surface area contributed by atoms with Crippen molar-refractivity contribution < 1.29 is 4.79 Å². The summed E-state index contributed by atoms with van der Waals surface area (Å²) in [4.78, 5) is 11.3. The fourth-order valence-electron chi connectivity index (χ4n) is 0.504. The molecule has 1 aromatic heterocycles. The van der Waals surface area contributed by atoms with E-state index >= 15 is 0 Å². The molecule has 0 atom stereocenters. The Morgan fingerprint density at radius 3 is 2.56 bits per heavy atom. The Balaban J connectivity index is 2.98. The second kappa shape index (κ2) is 2.50. The van der Waals surface area contributed by atoms with E-state index < -0.39 is 0 Å². The monoisotopic (exact) mass is 160 g/mol. The van der Waals surface area contributed by atoms with E-state index in [4.69, 9.17) is 11.6 Å². The molecule has 1 aromatic rings. The molecule has 0 bridgehead atoms. The zero-order valence-electron chi connectivity index (χ0n) is 4.85. The van der Waals surface area contributed by atoms with E-state index in [0.29, 0.717) is 4.34 Å².